The van der Waals surface area contributed by atoms with Crippen molar-refractivity contribution in [3.8, 4) is 16.9 Å². The summed E-state index contributed by atoms with van der Waals surface area (Å²) >= 11 is 0. The molecule has 0 aliphatic rings. The highest BCUT2D eigenvalue weighted by atomic mass is 32.2. The minimum atomic E-state index is -3.21. The number of aromatic nitrogens is 2. The van der Waals surface area contributed by atoms with Gasteiger partial charge in [-0.15, -0.1) is 0 Å². The molecular weight excluding hydrogens is 310 g/mol. The lowest BCUT2D eigenvalue weighted by atomic mass is 10.1. The number of hydrogen-bond donors (Lipinski definition) is 1. The van der Waals surface area contributed by atoms with Crippen LogP contribution < -0.4 is 5.73 Å². The van der Waals surface area contributed by atoms with Crippen molar-refractivity contribution in [2.75, 3.05) is 6.26 Å². The largest absolute Gasteiger partial charge is 0.325 e. The molecule has 0 amide bonds. The summed E-state index contributed by atoms with van der Waals surface area (Å²) in [6.07, 6.45) is 1.19. The van der Waals surface area contributed by atoms with Crippen LogP contribution in [0.3, 0.4) is 0 Å². The molecule has 1 heterocycles. The Balaban J connectivity index is 2.11. The first kappa shape index (κ1) is 15.5. The maximum absolute atomic E-state index is 11.6. The summed E-state index contributed by atoms with van der Waals surface area (Å²) in [5.41, 5.74) is 9.21. The van der Waals surface area contributed by atoms with Gasteiger partial charge in [-0.25, -0.2) is 13.1 Å². The highest BCUT2D eigenvalue weighted by Crippen LogP contribution is 2.24. The monoisotopic (exact) mass is 327 g/mol. The van der Waals surface area contributed by atoms with Gasteiger partial charge >= 0.3 is 0 Å². The second-order valence-electron chi connectivity index (χ2n) is 5.27. The van der Waals surface area contributed by atoms with Crippen LogP contribution in [0.5, 0.6) is 0 Å². The minimum Gasteiger partial charge on any atom is -0.325 e. The summed E-state index contributed by atoms with van der Waals surface area (Å²) in [6.45, 7) is 0.342. The van der Waals surface area contributed by atoms with Crippen LogP contribution in [0.15, 0.2) is 65.6 Å². The molecule has 0 radical (unpaired) electrons. The molecule has 6 heteroatoms. The highest BCUT2D eigenvalue weighted by Gasteiger charge is 2.12. The van der Waals surface area contributed by atoms with E-state index < -0.39 is 9.84 Å². The topological polar surface area (TPSA) is 78.0 Å². The average Bonchev–Trinajstić information content (AvgIpc) is 2.99. The fourth-order valence-corrected chi connectivity index (χ4v) is 3.01. The van der Waals surface area contributed by atoms with E-state index in [1.54, 1.807) is 28.9 Å². The molecule has 0 unspecified atom stereocenters. The number of nitrogens with two attached hydrogens (primary N) is 1. The van der Waals surface area contributed by atoms with Crippen molar-refractivity contribution in [1.82, 2.24) is 9.78 Å². The van der Waals surface area contributed by atoms with Gasteiger partial charge in [0.25, 0.3) is 0 Å². The fourth-order valence-electron chi connectivity index (χ4n) is 2.38. The molecular formula is C17H17N3O2S. The molecule has 0 aliphatic heterocycles. The van der Waals surface area contributed by atoms with E-state index in [-0.39, 0.29) is 4.90 Å². The van der Waals surface area contributed by atoms with Gasteiger partial charge in [-0.2, -0.15) is 5.10 Å². The van der Waals surface area contributed by atoms with E-state index >= 15 is 0 Å². The highest BCUT2D eigenvalue weighted by molar-refractivity contribution is 7.90. The zero-order valence-corrected chi connectivity index (χ0v) is 13.5. The van der Waals surface area contributed by atoms with Crippen LogP contribution in [-0.2, 0) is 16.4 Å². The summed E-state index contributed by atoms with van der Waals surface area (Å²) in [6, 6.07) is 18.5. The lowest BCUT2D eigenvalue weighted by Crippen LogP contribution is -2.03. The molecule has 0 fully saturated rings. The lowest BCUT2D eigenvalue weighted by Gasteiger charge is -2.08. The maximum Gasteiger partial charge on any atom is 0.175 e. The van der Waals surface area contributed by atoms with Gasteiger partial charge in [0.15, 0.2) is 9.84 Å². The van der Waals surface area contributed by atoms with Crippen molar-refractivity contribution in [2.45, 2.75) is 11.4 Å². The Bertz CT molecular complexity index is 914. The fraction of sp³-hybridized carbons (Fsp3) is 0.118. The van der Waals surface area contributed by atoms with E-state index in [1.807, 2.05) is 36.4 Å². The first-order valence-electron chi connectivity index (χ1n) is 7.14. The Morgan fingerprint density at radius 1 is 1.04 bits per heavy atom. The second-order valence-corrected chi connectivity index (χ2v) is 7.28. The molecule has 2 aromatic carbocycles. The predicted octanol–water partition coefficient (Wildman–Crippen LogP) is 2.40. The molecule has 3 aromatic rings. The molecule has 0 atom stereocenters. The van der Waals surface area contributed by atoms with Gasteiger partial charge in [0.1, 0.15) is 0 Å². The minimum absolute atomic E-state index is 0.286. The van der Waals surface area contributed by atoms with E-state index in [9.17, 15) is 8.42 Å². The zero-order chi connectivity index (χ0) is 16.4. The number of rotatable bonds is 4. The molecule has 1 aromatic heterocycles. The van der Waals surface area contributed by atoms with Gasteiger partial charge in [-0.05, 0) is 30.3 Å². The average molecular weight is 327 g/mol. The molecule has 5 nitrogen and oxygen atoms in total. The quantitative estimate of drug-likeness (QED) is 0.798. The van der Waals surface area contributed by atoms with Crippen molar-refractivity contribution < 1.29 is 8.42 Å². The van der Waals surface area contributed by atoms with Gasteiger partial charge in [0.2, 0.25) is 0 Å². The van der Waals surface area contributed by atoms with Crippen molar-refractivity contribution in [3.63, 3.8) is 0 Å². The van der Waals surface area contributed by atoms with Crippen molar-refractivity contribution in [2.24, 2.45) is 5.73 Å². The van der Waals surface area contributed by atoms with Gasteiger partial charge < -0.3 is 5.73 Å². The molecule has 0 spiro atoms. The van der Waals surface area contributed by atoms with E-state index in [0.717, 1.165) is 22.6 Å². The molecule has 0 saturated heterocycles. The van der Waals surface area contributed by atoms with Crippen LogP contribution in [0.1, 0.15) is 5.69 Å². The molecule has 0 saturated carbocycles. The maximum atomic E-state index is 11.6. The SMILES string of the molecule is CS(=O)(=O)c1ccc(-n2nc(CN)cc2-c2ccccc2)cc1. The first-order chi connectivity index (χ1) is 11.0. The Morgan fingerprint density at radius 2 is 1.70 bits per heavy atom. The molecule has 0 aliphatic carbocycles. The number of benzene rings is 2. The van der Waals surface area contributed by atoms with Crippen molar-refractivity contribution in [3.05, 3.63) is 66.4 Å². The summed E-state index contributed by atoms with van der Waals surface area (Å²) in [5, 5.41) is 4.51. The van der Waals surface area contributed by atoms with Crippen LogP contribution in [0.4, 0.5) is 0 Å². The van der Waals surface area contributed by atoms with Gasteiger partial charge in [-0.3, -0.25) is 0 Å². The normalized spacial score (nSPS) is 11.6. The summed E-state index contributed by atoms with van der Waals surface area (Å²) in [5.74, 6) is 0. The van der Waals surface area contributed by atoms with Crippen LogP contribution in [-0.4, -0.2) is 24.5 Å². The van der Waals surface area contributed by atoms with E-state index in [0.29, 0.717) is 6.54 Å². The third-order valence-corrected chi connectivity index (χ3v) is 4.68. The van der Waals surface area contributed by atoms with Crippen LogP contribution in [0.2, 0.25) is 0 Å². The van der Waals surface area contributed by atoms with Gasteiger partial charge in [0.05, 0.1) is 22.0 Å². The molecule has 118 valence electrons. The molecule has 3 rings (SSSR count). The van der Waals surface area contributed by atoms with Crippen molar-refractivity contribution in [1.29, 1.82) is 0 Å². The van der Waals surface area contributed by atoms with E-state index in [1.165, 1.54) is 6.26 Å². The summed E-state index contributed by atoms with van der Waals surface area (Å²) < 4.78 is 24.9. The Hall–Kier alpha value is -2.44. The zero-order valence-electron chi connectivity index (χ0n) is 12.7. The van der Waals surface area contributed by atoms with Crippen LogP contribution >= 0.6 is 0 Å². The second kappa shape index (κ2) is 5.98. The summed E-state index contributed by atoms with van der Waals surface area (Å²) in [4.78, 5) is 0.286. The Labute approximate surface area is 135 Å². The Kier molecular flexibility index (Phi) is 4.02. The third-order valence-electron chi connectivity index (χ3n) is 3.55. The van der Waals surface area contributed by atoms with Gasteiger partial charge in [-0.1, -0.05) is 30.3 Å². The summed E-state index contributed by atoms with van der Waals surface area (Å²) in [7, 11) is -3.21. The standard InChI is InChI=1S/C17H17N3O2S/c1-23(21,22)16-9-7-15(8-10-16)20-17(11-14(12-18)19-20)13-5-3-2-4-6-13/h2-11H,12,18H2,1H3. The first-order valence-corrected chi connectivity index (χ1v) is 9.03. The number of sulfone groups is 1. The van der Waals surface area contributed by atoms with E-state index in [2.05, 4.69) is 5.10 Å². The number of hydrogen-bond acceptors (Lipinski definition) is 4. The predicted molar refractivity (Wildman–Crippen MR) is 90.0 cm³/mol. The smallest absolute Gasteiger partial charge is 0.175 e. The van der Waals surface area contributed by atoms with E-state index in [4.69, 9.17) is 5.73 Å². The van der Waals surface area contributed by atoms with Crippen LogP contribution in [0.25, 0.3) is 16.9 Å². The lowest BCUT2D eigenvalue weighted by molar-refractivity contribution is 0.602. The Morgan fingerprint density at radius 3 is 2.26 bits per heavy atom. The van der Waals surface area contributed by atoms with Crippen LogP contribution in [0, 0.1) is 0 Å². The number of nitrogens with zero attached hydrogens (tertiary/aromatic N) is 2. The van der Waals surface area contributed by atoms with Crippen molar-refractivity contribution >= 4 is 9.84 Å². The van der Waals surface area contributed by atoms with Gasteiger partial charge in [0, 0.05) is 18.4 Å². The molecule has 0 bridgehead atoms. The molecule has 23 heavy (non-hydrogen) atoms. The third kappa shape index (κ3) is 3.18. The molecule has 2 N–H and O–H groups in total.